The van der Waals surface area contributed by atoms with E-state index < -0.39 is 11.9 Å². The van der Waals surface area contributed by atoms with Crippen molar-refractivity contribution in [2.75, 3.05) is 25.5 Å². The zero-order valence-corrected chi connectivity index (χ0v) is 19.0. The lowest BCUT2D eigenvalue weighted by molar-refractivity contribution is -0.140. The van der Waals surface area contributed by atoms with Crippen LogP contribution in [0.3, 0.4) is 0 Å². The number of halogens is 4. The predicted octanol–water partition coefficient (Wildman–Crippen LogP) is 3.22. The molecule has 0 unspecified atom stereocenters. The van der Waals surface area contributed by atoms with Crippen LogP contribution < -0.4 is 16.0 Å². The van der Waals surface area contributed by atoms with Crippen molar-refractivity contribution < 1.29 is 18.0 Å². The van der Waals surface area contributed by atoms with Gasteiger partial charge in [-0.15, -0.1) is 35.3 Å². The first-order chi connectivity index (χ1) is 13.3. The van der Waals surface area contributed by atoms with E-state index in [0.29, 0.717) is 36.3 Å². The number of carbonyl (C=O) groups is 1. The number of aromatic nitrogens is 2. The Morgan fingerprint density at radius 1 is 1.21 bits per heavy atom. The van der Waals surface area contributed by atoms with Crippen molar-refractivity contribution >= 4 is 53.0 Å². The van der Waals surface area contributed by atoms with Crippen LogP contribution >= 0.6 is 35.3 Å². The molecular formula is C17H22F3IN6OS. The van der Waals surface area contributed by atoms with E-state index in [9.17, 15) is 18.0 Å². The summed E-state index contributed by atoms with van der Waals surface area (Å²) >= 11 is 0.969. The second kappa shape index (κ2) is 11.9. The highest BCUT2D eigenvalue weighted by molar-refractivity contribution is 14.0. The van der Waals surface area contributed by atoms with Gasteiger partial charge in [-0.25, -0.2) is 9.97 Å². The number of aliphatic imine (C=N–C) groups is 1. The molecule has 2 heterocycles. The second-order valence-electron chi connectivity index (χ2n) is 5.76. The molecular weight excluding hydrogens is 520 g/mol. The third-order valence-electron chi connectivity index (χ3n) is 3.50. The molecule has 0 saturated heterocycles. The van der Waals surface area contributed by atoms with Gasteiger partial charge in [0, 0.05) is 44.1 Å². The first kappa shape index (κ1) is 25.1. The summed E-state index contributed by atoms with van der Waals surface area (Å²) in [6.07, 6.45) is -3.88. The maximum Gasteiger partial charge on any atom is 0.434 e. The summed E-state index contributed by atoms with van der Waals surface area (Å²) < 4.78 is 37.6. The quantitative estimate of drug-likeness (QED) is 0.284. The number of rotatable bonds is 7. The van der Waals surface area contributed by atoms with E-state index >= 15 is 0 Å². The van der Waals surface area contributed by atoms with Gasteiger partial charge in [-0.3, -0.25) is 9.79 Å². The van der Waals surface area contributed by atoms with Gasteiger partial charge in [-0.05, 0) is 19.1 Å². The minimum atomic E-state index is -4.42. The topological polar surface area (TPSA) is 91.3 Å². The van der Waals surface area contributed by atoms with Crippen molar-refractivity contribution in [2.45, 2.75) is 25.9 Å². The number of aryl methyl sites for hydroxylation is 1. The first-order valence-corrected chi connectivity index (χ1v) is 9.35. The Kier molecular flexibility index (Phi) is 10.3. The van der Waals surface area contributed by atoms with Gasteiger partial charge in [0.15, 0.2) is 11.7 Å². The van der Waals surface area contributed by atoms with Crippen LogP contribution in [0.2, 0.25) is 0 Å². The summed E-state index contributed by atoms with van der Waals surface area (Å²) in [6.45, 7) is 2.54. The Hall–Kier alpha value is -1.96. The van der Waals surface area contributed by atoms with Crippen LogP contribution in [-0.2, 0) is 17.4 Å². The normalized spacial score (nSPS) is 11.6. The fourth-order valence-electron chi connectivity index (χ4n) is 2.18. The summed E-state index contributed by atoms with van der Waals surface area (Å²) in [7, 11) is 1.57. The van der Waals surface area contributed by atoms with Gasteiger partial charge in [0.25, 0.3) is 0 Å². The van der Waals surface area contributed by atoms with Crippen LogP contribution in [0.5, 0.6) is 0 Å². The number of guanidine groups is 1. The number of anilines is 1. The van der Waals surface area contributed by atoms with Crippen LogP contribution in [0.4, 0.5) is 19.0 Å². The Bertz CT molecular complexity index is 827. The monoisotopic (exact) mass is 542 g/mol. The lowest BCUT2D eigenvalue weighted by Gasteiger charge is -2.11. The molecule has 29 heavy (non-hydrogen) atoms. The minimum absolute atomic E-state index is 0. The SMILES string of the molecule is CN=C(NCCC(=O)Nc1cccc(C)n1)NCCc1nc(C(F)(F)F)cs1.I. The minimum Gasteiger partial charge on any atom is -0.356 e. The molecule has 2 aromatic heterocycles. The number of nitrogens with zero attached hydrogens (tertiary/aromatic N) is 3. The number of hydrogen-bond acceptors (Lipinski definition) is 5. The average molecular weight is 542 g/mol. The Morgan fingerprint density at radius 2 is 1.93 bits per heavy atom. The molecule has 0 saturated carbocycles. The predicted molar refractivity (Wildman–Crippen MR) is 118 cm³/mol. The smallest absolute Gasteiger partial charge is 0.356 e. The largest absolute Gasteiger partial charge is 0.434 e. The van der Waals surface area contributed by atoms with Crippen LogP contribution in [0, 0.1) is 6.92 Å². The zero-order valence-electron chi connectivity index (χ0n) is 15.8. The first-order valence-electron chi connectivity index (χ1n) is 8.47. The molecule has 0 aliphatic rings. The van der Waals surface area contributed by atoms with Crippen LogP contribution in [-0.4, -0.2) is 42.0 Å². The van der Waals surface area contributed by atoms with Gasteiger partial charge in [0.05, 0.1) is 5.01 Å². The van der Waals surface area contributed by atoms with Crippen LogP contribution in [0.15, 0.2) is 28.6 Å². The number of nitrogens with one attached hydrogen (secondary N) is 3. The van der Waals surface area contributed by atoms with Crippen molar-refractivity contribution in [2.24, 2.45) is 4.99 Å². The van der Waals surface area contributed by atoms with Crippen LogP contribution in [0.25, 0.3) is 0 Å². The van der Waals surface area contributed by atoms with Crippen molar-refractivity contribution in [1.82, 2.24) is 20.6 Å². The molecule has 0 aromatic carbocycles. The van der Waals surface area contributed by atoms with Crippen molar-refractivity contribution in [3.8, 4) is 0 Å². The fraction of sp³-hybridized carbons (Fsp3) is 0.412. The maximum absolute atomic E-state index is 12.5. The maximum atomic E-state index is 12.5. The highest BCUT2D eigenvalue weighted by Crippen LogP contribution is 2.29. The molecule has 12 heteroatoms. The summed E-state index contributed by atoms with van der Waals surface area (Å²) in [5.41, 5.74) is -0.0627. The molecule has 2 rings (SSSR count). The molecule has 0 radical (unpaired) electrons. The van der Waals surface area contributed by atoms with E-state index in [1.807, 2.05) is 19.1 Å². The Balaban J connectivity index is 0.00000420. The van der Waals surface area contributed by atoms with Gasteiger partial charge in [-0.1, -0.05) is 6.07 Å². The van der Waals surface area contributed by atoms with E-state index in [1.54, 1.807) is 13.1 Å². The lowest BCUT2D eigenvalue weighted by Crippen LogP contribution is -2.39. The fourth-order valence-corrected chi connectivity index (χ4v) is 2.98. The van der Waals surface area contributed by atoms with Gasteiger partial charge >= 0.3 is 6.18 Å². The number of amides is 1. The summed E-state index contributed by atoms with van der Waals surface area (Å²) in [5.74, 6) is 0.756. The van der Waals surface area contributed by atoms with E-state index in [2.05, 4.69) is 30.9 Å². The second-order valence-corrected chi connectivity index (χ2v) is 6.71. The molecule has 7 nitrogen and oxygen atoms in total. The molecule has 0 bridgehead atoms. The van der Waals surface area contributed by atoms with Crippen LogP contribution in [0.1, 0.15) is 22.8 Å². The average Bonchev–Trinajstić information content (AvgIpc) is 3.09. The van der Waals surface area contributed by atoms with Gasteiger partial charge < -0.3 is 16.0 Å². The number of carbonyl (C=O) groups excluding carboxylic acids is 1. The van der Waals surface area contributed by atoms with E-state index in [0.717, 1.165) is 22.4 Å². The molecule has 3 N–H and O–H groups in total. The molecule has 0 fully saturated rings. The Morgan fingerprint density at radius 3 is 2.55 bits per heavy atom. The number of thiazole rings is 1. The third-order valence-corrected chi connectivity index (χ3v) is 4.41. The molecule has 0 spiro atoms. The molecule has 0 aliphatic carbocycles. The summed E-state index contributed by atoms with van der Waals surface area (Å²) in [5, 5.41) is 10.0. The van der Waals surface area contributed by atoms with Crippen molar-refractivity contribution in [1.29, 1.82) is 0 Å². The summed E-state index contributed by atoms with van der Waals surface area (Å²) in [4.78, 5) is 23.7. The highest BCUT2D eigenvalue weighted by atomic mass is 127. The van der Waals surface area contributed by atoms with Crippen molar-refractivity contribution in [3.63, 3.8) is 0 Å². The number of alkyl halides is 3. The highest BCUT2D eigenvalue weighted by Gasteiger charge is 2.33. The van der Waals surface area contributed by atoms with Gasteiger partial charge in [0.1, 0.15) is 5.82 Å². The number of hydrogen-bond donors (Lipinski definition) is 3. The van der Waals surface area contributed by atoms with E-state index in [4.69, 9.17) is 0 Å². The Labute approximate surface area is 187 Å². The van der Waals surface area contributed by atoms with E-state index in [1.165, 1.54) is 0 Å². The molecule has 0 aliphatic heterocycles. The molecule has 0 atom stereocenters. The van der Waals surface area contributed by atoms with Gasteiger partial charge in [0.2, 0.25) is 5.91 Å². The van der Waals surface area contributed by atoms with Crippen molar-refractivity contribution in [3.05, 3.63) is 40.0 Å². The standard InChI is InChI=1S/C17H21F3N6OS.HI/c1-11-4-3-5-13(24-11)26-14(27)6-8-22-16(21-2)23-9-7-15-25-12(10-28-15)17(18,19)20;/h3-5,10H,6-9H2,1-2H3,(H2,21,22,23)(H,24,26,27);1H. The van der Waals surface area contributed by atoms with E-state index in [-0.39, 0.29) is 36.3 Å². The molecule has 2 aromatic rings. The lowest BCUT2D eigenvalue weighted by atomic mass is 10.3. The zero-order chi connectivity index (χ0) is 20.6. The molecule has 1 amide bonds. The molecule has 160 valence electrons. The number of pyridine rings is 1. The summed E-state index contributed by atoms with van der Waals surface area (Å²) in [6, 6.07) is 5.35. The van der Waals surface area contributed by atoms with Gasteiger partial charge in [-0.2, -0.15) is 13.2 Å². The third kappa shape index (κ3) is 8.94.